The highest BCUT2D eigenvalue weighted by Gasteiger charge is 2.62. The number of methoxy groups -OCH3 is 1. The van der Waals surface area contributed by atoms with Crippen molar-refractivity contribution in [3.63, 3.8) is 0 Å². The van der Waals surface area contributed by atoms with Crippen molar-refractivity contribution in [2.75, 3.05) is 13.7 Å². The van der Waals surface area contributed by atoms with Gasteiger partial charge in [-0.1, -0.05) is 26.8 Å². The molecule has 55 heavy (non-hydrogen) atoms. The number of likely N-dealkylation sites (tertiary alicyclic amines) is 1. The number of carbonyl (C=O) groups is 4. The summed E-state index contributed by atoms with van der Waals surface area (Å²) in [5.41, 5.74) is -1.47. The summed E-state index contributed by atoms with van der Waals surface area (Å²) in [7, 11) is -2.34. The predicted octanol–water partition coefficient (Wildman–Crippen LogP) is 3.83. The van der Waals surface area contributed by atoms with Crippen LogP contribution in [0.2, 0.25) is 0 Å². The molecule has 16 nitrogen and oxygen atoms in total. The van der Waals surface area contributed by atoms with Crippen molar-refractivity contribution in [3.8, 4) is 27.7 Å². The second kappa shape index (κ2) is 14.7. The number of nitrogens with zero attached hydrogens (tertiary/aromatic N) is 5. The molecule has 0 spiro atoms. The molecule has 2 saturated carbocycles. The molecule has 3 heterocycles. The van der Waals surface area contributed by atoms with Crippen molar-refractivity contribution < 1.29 is 37.1 Å². The van der Waals surface area contributed by atoms with E-state index in [-0.39, 0.29) is 19.4 Å². The van der Waals surface area contributed by atoms with Gasteiger partial charge in [0.1, 0.15) is 45.4 Å². The van der Waals surface area contributed by atoms with E-state index in [4.69, 9.17) is 19.7 Å². The third-order valence-electron chi connectivity index (χ3n) is 9.84. The van der Waals surface area contributed by atoms with Gasteiger partial charge in [0, 0.05) is 36.0 Å². The number of hydrogen-bond donors (Lipinski definition) is 3. The zero-order valence-electron chi connectivity index (χ0n) is 32.0. The van der Waals surface area contributed by atoms with Crippen LogP contribution in [0.25, 0.3) is 22.0 Å². The molecule has 1 unspecified atom stereocenters. The number of nitrogens with one attached hydrogen (secondary N) is 3. The molecule has 18 heteroatoms. The minimum Gasteiger partial charge on any atom is -0.497 e. The number of rotatable bonds is 12. The molecule has 4 amide bonds. The first-order chi connectivity index (χ1) is 25.8. The van der Waals surface area contributed by atoms with Gasteiger partial charge >= 0.3 is 6.09 Å². The number of thiazole rings is 1. The second-order valence-corrected chi connectivity index (χ2v) is 19.2. The lowest BCUT2D eigenvalue weighted by Gasteiger charge is -2.36. The Morgan fingerprint density at radius 2 is 1.73 bits per heavy atom. The fourth-order valence-corrected chi connectivity index (χ4v) is 8.63. The van der Waals surface area contributed by atoms with E-state index in [2.05, 4.69) is 26.9 Å². The van der Waals surface area contributed by atoms with E-state index in [0.717, 1.165) is 5.56 Å². The van der Waals surface area contributed by atoms with Gasteiger partial charge in [-0.05, 0) is 69.7 Å². The van der Waals surface area contributed by atoms with Crippen molar-refractivity contribution >= 4 is 45.2 Å². The lowest BCUT2D eigenvalue weighted by Crippen LogP contribution is -2.60. The summed E-state index contributed by atoms with van der Waals surface area (Å²) >= 11 is 1.38. The summed E-state index contributed by atoms with van der Waals surface area (Å²) in [5.74, 6) is -1.97. The summed E-state index contributed by atoms with van der Waals surface area (Å²) in [6.45, 7) is 14.2. The molecule has 5 atom stereocenters. The molecule has 3 aliphatic rings. The summed E-state index contributed by atoms with van der Waals surface area (Å²) in [6.07, 6.45) is 3.42. The third kappa shape index (κ3) is 8.54. The molecule has 0 bridgehead atoms. The molecule has 3 fully saturated rings. The molecule has 296 valence electrons. The Balaban J connectivity index is 1.35. The van der Waals surface area contributed by atoms with Crippen molar-refractivity contribution in [1.29, 1.82) is 0 Å². The quantitative estimate of drug-likeness (QED) is 0.225. The maximum absolute atomic E-state index is 14.7. The number of ether oxygens (including phenoxy) is 2. The number of aromatic nitrogens is 4. The van der Waals surface area contributed by atoms with Gasteiger partial charge in [-0.15, -0.1) is 23.0 Å². The molecule has 0 radical (unpaired) electrons. The number of alkyl carbamates (subject to hydrolysis) is 1. The number of sulfonamides is 1. The summed E-state index contributed by atoms with van der Waals surface area (Å²) in [6, 6.07) is 4.36. The average Bonchev–Trinajstić information content (AvgIpc) is 3.88. The maximum atomic E-state index is 14.7. The highest BCUT2D eigenvalue weighted by molar-refractivity contribution is 7.91. The molecule has 6 rings (SSSR count). The molecule has 1 saturated heterocycles. The van der Waals surface area contributed by atoms with Gasteiger partial charge in [0.05, 0.1) is 18.4 Å². The lowest BCUT2D eigenvalue weighted by atomic mass is 9.85. The Hall–Kier alpha value is -4.84. The van der Waals surface area contributed by atoms with E-state index in [1.807, 2.05) is 17.5 Å². The van der Waals surface area contributed by atoms with E-state index in [1.54, 1.807) is 67.0 Å². The molecule has 1 aromatic carbocycles. The van der Waals surface area contributed by atoms with Gasteiger partial charge in [0.2, 0.25) is 21.8 Å². The van der Waals surface area contributed by atoms with Gasteiger partial charge in [0.25, 0.3) is 5.91 Å². The first-order valence-corrected chi connectivity index (χ1v) is 20.5. The van der Waals surface area contributed by atoms with Crippen LogP contribution in [0.3, 0.4) is 0 Å². The van der Waals surface area contributed by atoms with Crippen LogP contribution in [-0.2, 0) is 29.1 Å². The first-order valence-electron chi connectivity index (χ1n) is 18.1. The molecule has 2 aliphatic carbocycles. The van der Waals surface area contributed by atoms with E-state index < -0.39 is 79.7 Å². The maximum Gasteiger partial charge on any atom is 0.408 e. The fraction of sp³-hybridized carbons (Fsp3) is 0.541. The zero-order valence-corrected chi connectivity index (χ0v) is 33.6. The Kier molecular flexibility index (Phi) is 10.6. The first kappa shape index (κ1) is 39.8. The Labute approximate surface area is 324 Å². The second-order valence-electron chi connectivity index (χ2n) is 16.3. The highest BCUT2D eigenvalue weighted by Crippen LogP contribution is 2.46. The van der Waals surface area contributed by atoms with Crippen LogP contribution in [0, 0.1) is 11.3 Å². The normalized spacial score (nSPS) is 23.0. The Morgan fingerprint density at radius 3 is 2.27 bits per heavy atom. The highest BCUT2D eigenvalue weighted by atomic mass is 32.2. The summed E-state index contributed by atoms with van der Waals surface area (Å²) < 4.78 is 38.5. The van der Waals surface area contributed by atoms with Gasteiger partial charge in [-0.25, -0.2) is 18.2 Å². The van der Waals surface area contributed by atoms with Crippen LogP contribution in [0.15, 0.2) is 48.5 Å². The van der Waals surface area contributed by atoms with E-state index >= 15 is 0 Å². The smallest absolute Gasteiger partial charge is 0.408 e. The van der Waals surface area contributed by atoms with Crippen LogP contribution in [0.5, 0.6) is 5.75 Å². The van der Waals surface area contributed by atoms with Crippen molar-refractivity contribution in [1.82, 2.24) is 40.2 Å². The van der Waals surface area contributed by atoms with Crippen molar-refractivity contribution in [2.24, 2.45) is 11.3 Å². The van der Waals surface area contributed by atoms with Crippen LogP contribution in [-0.4, -0.2) is 99.2 Å². The van der Waals surface area contributed by atoms with Gasteiger partial charge < -0.3 is 25.0 Å². The molecular weight excluding hydrogens is 749 g/mol. The SMILES string of the molecule is C=CC1C[C@]1(NC(=O)[C@@H]1C[C@@H](n2nc(-c3ccc(OC)cc3)c(-c3nccs3)n2)CN1C(=O)[C@H](NC(=O)OC(C)(C)C)C(C)(C)C)C(=O)NS(=O)(=O)C1CC1. The molecule has 3 aromatic rings. The van der Waals surface area contributed by atoms with Gasteiger partial charge in [-0.2, -0.15) is 9.90 Å². The number of amides is 4. The van der Waals surface area contributed by atoms with Crippen molar-refractivity contribution in [2.45, 2.75) is 102 Å². The van der Waals surface area contributed by atoms with Crippen LogP contribution < -0.4 is 20.1 Å². The molecule has 1 aliphatic heterocycles. The topological polar surface area (TPSA) is 204 Å². The van der Waals surface area contributed by atoms with E-state index in [9.17, 15) is 27.6 Å². The number of hydrogen-bond acceptors (Lipinski definition) is 12. The summed E-state index contributed by atoms with van der Waals surface area (Å²) in [4.78, 5) is 63.0. The third-order valence-corrected chi connectivity index (χ3v) is 12.4. The van der Waals surface area contributed by atoms with Crippen molar-refractivity contribution in [3.05, 3.63) is 48.5 Å². The predicted molar refractivity (Wildman–Crippen MR) is 204 cm³/mol. The fourth-order valence-electron chi connectivity index (χ4n) is 6.65. The largest absolute Gasteiger partial charge is 0.497 e. The standard InChI is InChI=1S/C37H48N8O8S2/c1-9-22-19-37(22,33(48)43-55(50,51)25-14-15-25)40-30(46)26-18-23(20-44(26)32(47)29(35(2,3)4)39-34(49)53-36(5,6)7)45-41-27(21-10-12-24(52-8)13-11-21)28(42-45)31-38-16-17-54-31/h9-13,16-17,22-23,25-26,29H,1,14-15,18-20H2,2-8H3,(H,39,49)(H,40,46)(H,43,48)/t22?,23-,26+,29+,37-/m1/s1. The minimum absolute atomic E-state index is 0.0335. The lowest BCUT2D eigenvalue weighted by molar-refractivity contribution is -0.143. The molecule has 3 N–H and O–H groups in total. The number of benzene rings is 1. The van der Waals surface area contributed by atoms with Gasteiger partial charge in [-0.3, -0.25) is 19.1 Å². The van der Waals surface area contributed by atoms with E-state index in [1.165, 1.54) is 27.1 Å². The molecule has 2 aromatic heterocycles. The van der Waals surface area contributed by atoms with Gasteiger partial charge in [0.15, 0.2) is 0 Å². The van der Waals surface area contributed by atoms with Crippen LogP contribution in [0.4, 0.5) is 4.79 Å². The Bertz CT molecular complexity index is 2070. The van der Waals surface area contributed by atoms with E-state index in [0.29, 0.717) is 35.0 Å². The Morgan fingerprint density at radius 1 is 1.05 bits per heavy atom. The van der Waals surface area contributed by atoms with Crippen LogP contribution >= 0.6 is 11.3 Å². The van der Waals surface area contributed by atoms with Crippen LogP contribution in [0.1, 0.15) is 73.3 Å². The minimum atomic E-state index is -3.92. The zero-order chi connectivity index (χ0) is 40.1. The molecular formula is C37H48N8O8S2. The summed E-state index contributed by atoms with van der Waals surface area (Å²) in [5, 5.41) is 17.0. The monoisotopic (exact) mass is 796 g/mol. The average molecular weight is 797 g/mol. The number of carbonyl (C=O) groups excluding carboxylic acids is 4.